The van der Waals surface area contributed by atoms with Crippen LogP contribution in [0.4, 0.5) is 0 Å². The van der Waals surface area contributed by atoms with Gasteiger partial charge in [-0.2, -0.15) is 0 Å². The Morgan fingerprint density at radius 3 is 2.18 bits per heavy atom. The van der Waals surface area contributed by atoms with E-state index in [4.69, 9.17) is 4.74 Å². The number of ether oxygens (including phenoxy) is 1. The van der Waals surface area contributed by atoms with Gasteiger partial charge in [0.15, 0.2) is 0 Å². The number of likely N-dealkylation sites (N-methyl/N-ethyl adjacent to an activating group) is 1. The van der Waals surface area contributed by atoms with E-state index in [1.165, 1.54) is 0 Å². The molecule has 0 radical (unpaired) electrons. The summed E-state index contributed by atoms with van der Waals surface area (Å²) in [6.07, 6.45) is 0. The molecule has 1 unspecified atom stereocenters. The summed E-state index contributed by atoms with van der Waals surface area (Å²) >= 11 is 0. The molecule has 1 amide bonds. The summed E-state index contributed by atoms with van der Waals surface area (Å²) in [6, 6.07) is 7.91. The SMILES string of the molecule is CCN1CCN(C(=O)C(c2ccc(OC)cc2)C(C)C)CC1. The van der Waals surface area contributed by atoms with Crippen LogP contribution in [0.5, 0.6) is 5.75 Å². The van der Waals surface area contributed by atoms with Crippen LogP contribution >= 0.6 is 0 Å². The van der Waals surface area contributed by atoms with Gasteiger partial charge in [0.05, 0.1) is 13.0 Å². The van der Waals surface area contributed by atoms with E-state index in [0.717, 1.165) is 44.0 Å². The van der Waals surface area contributed by atoms with E-state index in [-0.39, 0.29) is 17.7 Å². The van der Waals surface area contributed by atoms with Gasteiger partial charge in [0.2, 0.25) is 5.91 Å². The molecule has 0 saturated carbocycles. The second-order valence-corrected chi connectivity index (χ2v) is 6.25. The monoisotopic (exact) mass is 304 g/mol. The molecule has 1 aromatic rings. The number of methoxy groups -OCH3 is 1. The first-order chi connectivity index (χ1) is 10.6. The average Bonchev–Trinajstić information content (AvgIpc) is 2.55. The molecule has 0 N–H and O–H groups in total. The van der Waals surface area contributed by atoms with E-state index in [2.05, 4.69) is 25.7 Å². The molecule has 1 saturated heterocycles. The van der Waals surface area contributed by atoms with Crippen molar-refractivity contribution in [1.29, 1.82) is 0 Å². The quantitative estimate of drug-likeness (QED) is 0.838. The van der Waals surface area contributed by atoms with Crippen molar-refractivity contribution in [1.82, 2.24) is 9.80 Å². The number of hydrogen-bond donors (Lipinski definition) is 0. The van der Waals surface area contributed by atoms with Gasteiger partial charge >= 0.3 is 0 Å². The van der Waals surface area contributed by atoms with E-state index in [1.807, 2.05) is 29.2 Å². The molecule has 2 rings (SSSR count). The lowest BCUT2D eigenvalue weighted by Crippen LogP contribution is -2.50. The van der Waals surface area contributed by atoms with Crippen LogP contribution in [0.25, 0.3) is 0 Å². The van der Waals surface area contributed by atoms with E-state index >= 15 is 0 Å². The molecule has 4 nitrogen and oxygen atoms in total. The van der Waals surface area contributed by atoms with E-state index < -0.39 is 0 Å². The second kappa shape index (κ2) is 7.63. The summed E-state index contributed by atoms with van der Waals surface area (Å²) in [7, 11) is 1.66. The third-order valence-electron chi connectivity index (χ3n) is 4.54. The van der Waals surface area contributed by atoms with Gasteiger partial charge in [-0.25, -0.2) is 0 Å². The normalized spacial score (nSPS) is 17.6. The lowest BCUT2D eigenvalue weighted by molar-refractivity contribution is -0.135. The maximum Gasteiger partial charge on any atom is 0.230 e. The molecule has 1 atom stereocenters. The lowest BCUT2D eigenvalue weighted by atomic mass is 9.87. The number of nitrogens with zero attached hydrogens (tertiary/aromatic N) is 2. The van der Waals surface area contributed by atoms with Gasteiger partial charge in [-0.15, -0.1) is 0 Å². The zero-order chi connectivity index (χ0) is 16.1. The molecule has 0 spiro atoms. The Morgan fingerprint density at radius 2 is 1.73 bits per heavy atom. The van der Waals surface area contributed by atoms with Crippen molar-refractivity contribution in [2.75, 3.05) is 39.8 Å². The van der Waals surface area contributed by atoms with Crippen molar-refractivity contribution in [3.05, 3.63) is 29.8 Å². The number of amides is 1. The molecule has 4 heteroatoms. The Hall–Kier alpha value is -1.55. The van der Waals surface area contributed by atoms with E-state index in [0.29, 0.717) is 0 Å². The van der Waals surface area contributed by atoms with E-state index in [9.17, 15) is 4.79 Å². The van der Waals surface area contributed by atoms with Gasteiger partial charge in [-0.1, -0.05) is 32.9 Å². The minimum atomic E-state index is -0.0703. The van der Waals surface area contributed by atoms with Gasteiger partial charge in [-0.05, 0) is 30.2 Å². The van der Waals surface area contributed by atoms with Gasteiger partial charge in [0.25, 0.3) is 0 Å². The predicted molar refractivity (Wildman–Crippen MR) is 89.3 cm³/mol. The summed E-state index contributed by atoms with van der Waals surface area (Å²) in [5.74, 6) is 1.30. The van der Waals surface area contributed by atoms with E-state index in [1.54, 1.807) is 7.11 Å². The molecule has 1 fully saturated rings. The summed E-state index contributed by atoms with van der Waals surface area (Å²) in [5.41, 5.74) is 1.08. The van der Waals surface area contributed by atoms with Crippen molar-refractivity contribution in [2.45, 2.75) is 26.7 Å². The standard InChI is InChI=1S/C18H28N2O2/c1-5-19-10-12-20(13-11-19)18(21)17(14(2)3)15-6-8-16(22-4)9-7-15/h6-9,14,17H,5,10-13H2,1-4H3. The lowest BCUT2D eigenvalue weighted by Gasteiger charge is -2.36. The molecule has 22 heavy (non-hydrogen) atoms. The Kier molecular flexibility index (Phi) is 5.83. The van der Waals surface area contributed by atoms with Gasteiger partial charge in [0, 0.05) is 26.2 Å². The largest absolute Gasteiger partial charge is 0.497 e. The number of hydrogen-bond acceptors (Lipinski definition) is 3. The summed E-state index contributed by atoms with van der Waals surface area (Å²) < 4.78 is 5.21. The number of carbonyl (C=O) groups excluding carboxylic acids is 1. The Balaban J connectivity index is 2.11. The molecule has 0 aliphatic carbocycles. The molecule has 1 aliphatic heterocycles. The maximum atomic E-state index is 13.0. The van der Waals surface area contributed by atoms with Gasteiger partial charge in [0.1, 0.15) is 5.75 Å². The summed E-state index contributed by atoms with van der Waals surface area (Å²) in [6.45, 7) is 11.1. The van der Waals surface area contributed by atoms with Crippen molar-refractivity contribution in [3.8, 4) is 5.75 Å². The average molecular weight is 304 g/mol. The van der Waals surface area contributed by atoms with Crippen LogP contribution in [0.1, 0.15) is 32.3 Å². The molecule has 122 valence electrons. The fraction of sp³-hybridized carbons (Fsp3) is 0.611. The number of carbonyl (C=O) groups is 1. The van der Waals surface area contributed by atoms with Crippen molar-refractivity contribution in [3.63, 3.8) is 0 Å². The van der Waals surface area contributed by atoms with Crippen LogP contribution in [0.3, 0.4) is 0 Å². The fourth-order valence-corrected chi connectivity index (χ4v) is 3.11. The molecule has 1 aromatic carbocycles. The van der Waals surface area contributed by atoms with Gasteiger partial charge < -0.3 is 14.5 Å². The highest BCUT2D eigenvalue weighted by Crippen LogP contribution is 2.28. The van der Waals surface area contributed by atoms with Crippen LogP contribution in [0.15, 0.2) is 24.3 Å². The van der Waals surface area contributed by atoms with Gasteiger partial charge in [-0.3, -0.25) is 4.79 Å². The third-order valence-corrected chi connectivity index (χ3v) is 4.54. The highest BCUT2D eigenvalue weighted by atomic mass is 16.5. The van der Waals surface area contributed by atoms with Crippen LogP contribution in [0, 0.1) is 5.92 Å². The fourth-order valence-electron chi connectivity index (χ4n) is 3.11. The number of rotatable bonds is 5. The molecular formula is C18H28N2O2. The zero-order valence-electron chi connectivity index (χ0n) is 14.2. The Bertz CT molecular complexity index is 476. The topological polar surface area (TPSA) is 32.8 Å². The van der Waals surface area contributed by atoms with Crippen LogP contribution in [0.2, 0.25) is 0 Å². The van der Waals surface area contributed by atoms with Crippen LogP contribution < -0.4 is 4.74 Å². The molecule has 1 aliphatic rings. The minimum absolute atomic E-state index is 0.0703. The zero-order valence-corrected chi connectivity index (χ0v) is 14.2. The first kappa shape index (κ1) is 16.8. The smallest absolute Gasteiger partial charge is 0.230 e. The van der Waals surface area contributed by atoms with Crippen LogP contribution in [-0.2, 0) is 4.79 Å². The molecule has 0 aromatic heterocycles. The van der Waals surface area contributed by atoms with Crippen molar-refractivity contribution in [2.24, 2.45) is 5.92 Å². The van der Waals surface area contributed by atoms with Crippen molar-refractivity contribution < 1.29 is 9.53 Å². The second-order valence-electron chi connectivity index (χ2n) is 6.25. The highest BCUT2D eigenvalue weighted by molar-refractivity contribution is 5.84. The molecule has 0 bridgehead atoms. The maximum absolute atomic E-state index is 13.0. The first-order valence-electron chi connectivity index (χ1n) is 8.22. The first-order valence-corrected chi connectivity index (χ1v) is 8.22. The summed E-state index contributed by atoms with van der Waals surface area (Å²) in [4.78, 5) is 17.4. The number of benzene rings is 1. The highest BCUT2D eigenvalue weighted by Gasteiger charge is 2.30. The molecular weight excluding hydrogens is 276 g/mol. The van der Waals surface area contributed by atoms with Crippen LogP contribution in [-0.4, -0.2) is 55.5 Å². The Labute approximate surface area is 134 Å². The Morgan fingerprint density at radius 1 is 1.14 bits per heavy atom. The minimum Gasteiger partial charge on any atom is -0.497 e. The summed E-state index contributed by atoms with van der Waals surface area (Å²) in [5, 5.41) is 0. The predicted octanol–water partition coefficient (Wildman–Crippen LogP) is 2.60. The molecule has 1 heterocycles. The third kappa shape index (κ3) is 3.80. The number of piperazine rings is 1. The van der Waals surface area contributed by atoms with Crippen molar-refractivity contribution >= 4 is 5.91 Å².